The highest BCUT2D eigenvalue weighted by Gasteiger charge is 2.01. The molecule has 0 atom stereocenters. The van der Waals surface area contributed by atoms with E-state index >= 15 is 0 Å². The van der Waals surface area contributed by atoms with E-state index in [2.05, 4.69) is 0 Å². The Kier molecular flexibility index (Phi) is 3.31. The lowest BCUT2D eigenvalue weighted by Crippen LogP contribution is -1.90. The number of hydrogen-bond donors (Lipinski definition) is 0. The topological polar surface area (TPSA) is 18.5 Å². The minimum absolute atomic E-state index is 0.487. The molecule has 0 N–H and O–H groups in total. The Balaban J connectivity index is 3.05. The van der Waals surface area contributed by atoms with Crippen LogP contribution in [0.3, 0.4) is 0 Å². The Hall–Kier alpha value is -1.51. The summed E-state index contributed by atoms with van der Waals surface area (Å²) >= 11 is 0. The first-order valence-electron chi connectivity index (χ1n) is 3.80. The fourth-order valence-corrected chi connectivity index (χ4v) is 1.03. The molecular weight excluding hydrogens is 171 g/mol. The standard InChI is InChI=1S/C10H11FO2/c1-12-9-4-3-8(5-6-11)7-10(9)13-2/h3-7H,1-2H3/b6-5-. The summed E-state index contributed by atoms with van der Waals surface area (Å²) in [7, 11) is 3.10. The molecule has 0 fully saturated rings. The summed E-state index contributed by atoms with van der Waals surface area (Å²) in [6.45, 7) is 0. The van der Waals surface area contributed by atoms with E-state index in [-0.39, 0.29) is 0 Å². The Labute approximate surface area is 76.6 Å². The molecule has 0 spiro atoms. The number of halogens is 1. The fraction of sp³-hybridized carbons (Fsp3) is 0.200. The van der Waals surface area contributed by atoms with Crippen molar-refractivity contribution < 1.29 is 13.9 Å². The monoisotopic (exact) mass is 182 g/mol. The third-order valence-electron chi connectivity index (χ3n) is 1.66. The van der Waals surface area contributed by atoms with Crippen LogP contribution in [0.5, 0.6) is 11.5 Å². The molecule has 1 aromatic rings. The lowest BCUT2D eigenvalue weighted by Gasteiger charge is -2.07. The van der Waals surface area contributed by atoms with Gasteiger partial charge in [-0.1, -0.05) is 6.07 Å². The van der Waals surface area contributed by atoms with E-state index in [1.165, 1.54) is 6.08 Å². The summed E-state index contributed by atoms with van der Waals surface area (Å²) in [5.41, 5.74) is 0.736. The van der Waals surface area contributed by atoms with Crippen LogP contribution in [0.25, 0.3) is 6.08 Å². The van der Waals surface area contributed by atoms with Crippen molar-refractivity contribution in [2.75, 3.05) is 14.2 Å². The van der Waals surface area contributed by atoms with Gasteiger partial charge in [-0.3, -0.25) is 0 Å². The highest BCUT2D eigenvalue weighted by molar-refractivity contribution is 5.55. The first kappa shape index (κ1) is 9.58. The lowest BCUT2D eigenvalue weighted by atomic mass is 10.2. The lowest BCUT2D eigenvalue weighted by molar-refractivity contribution is 0.355. The molecular formula is C10H11FO2. The Bertz CT molecular complexity index is 308. The van der Waals surface area contributed by atoms with Gasteiger partial charge in [-0.25, -0.2) is 4.39 Å². The van der Waals surface area contributed by atoms with Crippen molar-refractivity contribution in [3.63, 3.8) is 0 Å². The highest BCUT2D eigenvalue weighted by Crippen LogP contribution is 2.27. The van der Waals surface area contributed by atoms with Crippen LogP contribution in [0.1, 0.15) is 5.56 Å². The second-order valence-electron chi connectivity index (χ2n) is 2.41. The Morgan fingerprint density at radius 2 is 1.85 bits per heavy atom. The van der Waals surface area contributed by atoms with Crippen LogP contribution in [0.2, 0.25) is 0 Å². The molecule has 0 heterocycles. The molecule has 0 bridgehead atoms. The second-order valence-corrected chi connectivity index (χ2v) is 2.41. The number of rotatable bonds is 3. The van der Waals surface area contributed by atoms with Gasteiger partial charge < -0.3 is 9.47 Å². The van der Waals surface area contributed by atoms with E-state index in [4.69, 9.17) is 9.47 Å². The van der Waals surface area contributed by atoms with Crippen LogP contribution in [0.15, 0.2) is 24.5 Å². The van der Waals surface area contributed by atoms with Gasteiger partial charge in [-0.15, -0.1) is 0 Å². The zero-order valence-corrected chi connectivity index (χ0v) is 7.58. The highest BCUT2D eigenvalue weighted by atomic mass is 19.1. The molecule has 2 nitrogen and oxygen atoms in total. The molecule has 70 valence electrons. The minimum Gasteiger partial charge on any atom is -0.493 e. The van der Waals surface area contributed by atoms with E-state index in [1.54, 1.807) is 32.4 Å². The van der Waals surface area contributed by atoms with Crippen molar-refractivity contribution in [2.45, 2.75) is 0 Å². The van der Waals surface area contributed by atoms with E-state index in [1.807, 2.05) is 0 Å². The van der Waals surface area contributed by atoms with Crippen LogP contribution in [-0.2, 0) is 0 Å². The first-order valence-corrected chi connectivity index (χ1v) is 3.80. The van der Waals surface area contributed by atoms with E-state index in [0.29, 0.717) is 17.8 Å². The zero-order chi connectivity index (χ0) is 9.68. The smallest absolute Gasteiger partial charge is 0.161 e. The second kappa shape index (κ2) is 4.50. The van der Waals surface area contributed by atoms with E-state index in [9.17, 15) is 4.39 Å². The summed E-state index contributed by atoms with van der Waals surface area (Å²) < 4.78 is 21.9. The Morgan fingerprint density at radius 1 is 1.15 bits per heavy atom. The van der Waals surface area contributed by atoms with Crippen LogP contribution in [0, 0.1) is 0 Å². The number of ether oxygens (including phenoxy) is 2. The number of benzene rings is 1. The first-order chi connectivity index (χ1) is 6.31. The third-order valence-corrected chi connectivity index (χ3v) is 1.66. The van der Waals surface area contributed by atoms with Crippen molar-refractivity contribution in [3.05, 3.63) is 30.1 Å². The molecule has 1 rings (SSSR count). The SMILES string of the molecule is COc1ccc(/C=C\F)cc1OC. The Morgan fingerprint density at radius 3 is 2.38 bits per heavy atom. The summed E-state index contributed by atoms with van der Waals surface area (Å²) in [5, 5.41) is 0. The molecule has 13 heavy (non-hydrogen) atoms. The normalized spacial score (nSPS) is 10.4. The molecule has 0 aliphatic heterocycles. The summed E-state index contributed by atoms with van der Waals surface area (Å²) in [5.74, 6) is 1.23. The van der Waals surface area contributed by atoms with Gasteiger partial charge in [0.15, 0.2) is 11.5 Å². The molecule has 0 amide bonds. The maximum absolute atomic E-state index is 11.8. The molecule has 0 unspecified atom stereocenters. The maximum atomic E-state index is 11.8. The van der Waals surface area contributed by atoms with Crippen molar-refractivity contribution in [2.24, 2.45) is 0 Å². The predicted octanol–water partition coefficient (Wildman–Crippen LogP) is 2.64. The predicted molar refractivity (Wildman–Crippen MR) is 49.7 cm³/mol. The van der Waals surface area contributed by atoms with Gasteiger partial charge in [0.1, 0.15) is 0 Å². The largest absolute Gasteiger partial charge is 0.493 e. The average molecular weight is 182 g/mol. The van der Waals surface area contributed by atoms with Gasteiger partial charge in [-0.2, -0.15) is 0 Å². The molecule has 0 radical (unpaired) electrons. The van der Waals surface area contributed by atoms with Crippen molar-refractivity contribution in [1.29, 1.82) is 0 Å². The molecule has 0 aliphatic rings. The van der Waals surface area contributed by atoms with Crippen molar-refractivity contribution in [1.82, 2.24) is 0 Å². The zero-order valence-electron chi connectivity index (χ0n) is 7.58. The molecule has 0 aliphatic carbocycles. The van der Waals surface area contributed by atoms with Crippen molar-refractivity contribution >= 4 is 6.08 Å². The van der Waals surface area contributed by atoms with E-state index in [0.717, 1.165) is 5.56 Å². The van der Waals surface area contributed by atoms with Crippen LogP contribution < -0.4 is 9.47 Å². The number of hydrogen-bond acceptors (Lipinski definition) is 2. The fourth-order valence-electron chi connectivity index (χ4n) is 1.03. The molecule has 1 aromatic carbocycles. The number of methoxy groups -OCH3 is 2. The molecule has 3 heteroatoms. The van der Waals surface area contributed by atoms with Gasteiger partial charge in [0, 0.05) is 0 Å². The van der Waals surface area contributed by atoms with Crippen LogP contribution >= 0.6 is 0 Å². The minimum atomic E-state index is 0.487. The molecule has 0 aromatic heterocycles. The third kappa shape index (κ3) is 2.21. The van der Waals surface area contributed by atoms with Gasteiger partial charge in [0.05, 0.1) is 20.5 Å². The van der Waals surface area contributed by atoms with Gasteiger partial charge in [0.2, 0.25) is 0 Å². The average Bonchev–Trinajstić information content (AvgIpc) is 2.18. The molecule has 0 saturated heterocycles. The van der Waals surface area contributed by atoms with Crippen LogP contribution in [-0.4, -0.2) is 14.2 Å². The van der Waals surface area contributed by atoms with Crippen molar-refractivity contribution in [3.8, 4) is 11.5 Å². The van der Waals surface area contributed by atoms with Gasteiger partial charge >= 0.3 is 0 Å². The van der Waals surface area contributed by atoms with Crippen LogP contribution in [0.4, 0.5) is 4.39 Å². The molecule has 0 saturated carbocycles. The summed E-state index contributed by atoms with van der Waals surface area (Å²) in [6.07, 6.45) is 1.84. The quantitative estimate of drug-likeness (QED) is 0.715. The van der Waals surface area contributed by atoms with Gasteiger partial charge in [0.25, 0.3) is 0 Å². The summed E-state index contributed by atoms with van der Waals surface area (Å²) in [6, 6.07) is 5.18. The maximum Gasteiger partial charge on any atom is 0.161 e. The summed E-state index contributed by atoms with van der Waals surface area (Å²) in [4.78, 5) is 0. The van der Waals surface area contributed by atoms with E-state index < -0.39 is 0 Å². The van der Waals surface area contributed by atoms with Gasteiger partial charge in [-0.05, 0) is 23.8 Å².